The standard InChI is InChI=1S/C28H27F3N4O4/c1-5-32-26(36)17-12-23(38-4)20(13-19(17)29)34-24-11-7-9-21(18(14-33-24)28(2,30)31)39-22-10-6-8-16-15-35(3)27(37)25(16)22/h6-8,10-14H,5,9,15H2,1-4H3,(H,32,36)/b11-7+,21-18?,33-14?,34-24?. The summed E-state index contributed by atoms with van der Waals surface area (Å²) in [6.45, 7) is 3.13. The van der Waals surface area contributed by atoms with Gasteiger partial charge in [-0.05, 0) is 30.7 Å². The zero-order valence-corrected chi connectivity index (χ0v) is 21.8. The van der Waals surface area contributed by atoms with Crippen LogP contribution in [-0.4, -0.2) is 55.4 Å². The van der Waals surface area contributed by atoms with Crippen molar-refractivity contribution in [2.75, 3.05) is 20.7 Å². The quantitative estimate of drug-likeness (QED) is 0.521. The van der Waals surface area contributed by atoms with E-state index >= 15 is 0 Å². The molecule has 2 aliphatic rings. The third-order valence-electron chi connectivity index (χ3n) is 6.07. The number of benzene rings is 2. The van der Waals surface area contributed by atoms with E-state index in [9.17, 15) is 22.8 Å². The smallest absolute Gasteiger partial charge is 0.275 e. The lowest BCUT2D eigenvalue weighted by molar-refractivity contribution is 0.0664. The van der Waals surface area contributed by atoms with E-state index in [1.165, 1.54) is 30.2 Å². The summed E-state index contributed by atoms with van der Waals surface area (Å²) < 4.78 is 55.3. The molecule has 204 valence electrons. The molecule has 39 heavy (non-hydrogen) atoms. The largest absolute Gasteiger partial charge is 0.494 e. The van der Waals surface area contributed by atoms with Crippen molar-refractivity contribution < 1.29 is 32.2 Å². The summed E-state index contributed by atoms with van der Waals surface area (Å²) in [7, 11) is 2.98. The molecule has 0 fully saturated rings. The Morgan fingerprint density at radius 1 is 1.26 bits per heavy atom. The maximum absolute atomic E-state index is 14.7. The summed E-state index contributed by atoms with van der Waals surface area (Å²) in [6.07, 6.45) is 3.88. The number of alkyl halides is 2. The minimum Gasteiger partial charge on any atom is -0.494 e. The van der Waals surface area contributed by atoms with Crippen LogP contribution in [-0.2, 0) is 6.54 Å². The molecule has 0 spiro atoms. The SMILES string of the molecule is CCNC(=O)c1cc(OC)c(N=C2/C=C/CC(Oc3cccc4c3C(=O)N(C)C4)=C(C(C)(F)F)C=N2)cc1F. The number of aliphatic imine (C=N–C) groups is 2. The van der Waals surface area contributed by atoms with Gasteiger partial charge in [-0.15, -0.1) is 0 Å². The number of amidine groups is 1. The van der Waals surface area contributed by atoms with Crippen molar-refractivity contribution in [1.29, 1.82) is 0 Å². The molecule has 0 atom stereocenters. The van der Waals surface area contributed by atoms with Gasteiger partial charge < -0.3 is 19.7 Å². The summed E-state index contributed by atoms with van der Waals surface area (Å²) >= 11 is 0. The zero-order chi connectivity index (χ0) is 28.3. The highest BCUT2D eigenvalue weighted by Crippen LogP contribution is 2.35. The lowest BCUT2D eigenvalue weighted by Gasteiger charge is -2.19. The molecule has 1 N–H and O–H groups in total. The monoisotopic (exact) mass is 540 g/mol. The topological polar surface area (TPSA) is 92.6 Å². The van der Waals surface area contributed by atoms with Crippen LogP contribution in [0.25, 0.3) is 0 Å². The number of nitrogens with zero attached hydrogens (tertiary/aromatic N) is 3. The Balaban J connectivity index is 1.71. The summed E-state index contributed by atoms with van der Waals surface area (Å²) in [6, 6.07) is 7.28. The number of rotatable bonds is 7. The first kappa shape index (κ1) is 27.6. The first-order chi connectivity index (χ1) is 18.5. The highest BCUT2D eigenvalue weighted by molar-refractivity contribution is 6.04. The van der Waals surface area contributed by atoms with Gasteiger partial charge in [0.1, 0.15) is 28.8 Å². The van der Waals surface area contributed by atoms with E-state index in [1.54, 1.807) is 32.2 Å². The van der Waals surface area contributed by atoms with E-state index in [0.29, 0.717) is 25.6 Å². The zero-order valence-electron chi connectivity index (χ0n) is 21.8. The summed E-state index contributed by atoms with van der Waals surface area (Å²) in [5.41, 5.74) is 0.383. The summed E-state index contributed by atoms with van der Waals surface area (Å²) in [4.78, 5) is 34.6. The Kier molecular flexibility index (Phi) is 7.89. The van der Waals surface area contributed by atoms with E-state index in [2.05, 4.69) is 15.3 Å². The van der Waals surface area contributed by atoms with Crippen molar-refractivity contribution in [2.45, 2.75) is 32.7 Å². The van der Waals surface area contributed by atoms with E-state index in [0.717, 1.165) is 17.8 Å². The fourth-order valence-electron chi connectivity index (χ4n) is 4.18. The number of carbonyl (C=O) groups excluding carboxylic acids is 2. The molecule has 0 bridgehead atoms. The van der Waals surface area contributed by atoms with Gasteiger partial charge in [0, 0.05) is 45.8 Å². The number of hydrogen-bond acceptors (Lipinski definition) is 5. The minimum atomic E-state index is -3.34. The second-order valence-electron chi connectivity index (χ2n) is 8.98. The Labute approximate surface area is 223 Å². The molecule has 0 aliphatic carbocycles. The normalized spacial score (nSPS) is 17.2. The van der Waals surface area contributed by atoms with Crippen molar-refractivity contribution in [3.63, 3.8) is 0 Å². The predicted octanol–water partition coefficient (Wildman–Crippen LogP) is 5.22. The number of ether oxygens (including phenoxy) is 2. The molecule has 0 unspecified atom stereocenters. The minimum absolute atomic E-state index is 0.00309. The van der Waals surface area contributed by atoms with Crippen LogP contribution in [0.5, 0.6) is 11.5 Å². The molecule has 0 saturated carbocycles. The second kappa shape index (κ2) is 11.1. The first-order valence-corrected chi connectivity index (χ1v) is 12.1. The Bertz CT molecular complexity index is 1440. The Hall–Kier alpha value is -4.41. The number of hydrogen-bond donors (Lipinski definition) is 1. The van der Waals surface area contributed by atoms with E-state index in [4.69, 9.17) is 9.47 Å². The maximum atomic E-state index is 14.7. The molecule has 2 aromatic rings. The number of methoxy groups -OCH3 is 1. The fraction of sp³-hybridized carbons (Fsp3) is 0.286. The molecule has 0 saturated heterocycles. The predicted molar refractivity (Wildman–Crippen MR) is 141 cm³/mol. The van der Waals surface area contributed by atoms with Gasteiger partial charge in [0.05, 0.1) is 23.8 Å². The van der Waals surface area contributed by atoms with Crippen molar-refractivity contribution in [1.82, 2.24) is 10.2 Å². The number of fused-ring (bicyclic) bond motifs is 1. The molecule has 11 heteroatoms. The molecule has 0 aromatic heterocycles. The average molecular weight is 541 g/mol. The number of amides is 2. The van der Waals surface area contributed by atoms with Crippen molar-refractivity contribution in [3.05, 3.63) is 76.3 Å². The van der Waals surface area contributed by atoms with Crippen LogP contribution in [0.2, 0.25) is 0 Å². The van der Waals surface area contributed by atoms with Crippen molar-refractivity contribution >= 4 is 29.6 Å². The van der Waals surface area contributed by atoms with E-state index in [-0.39, 0.29) is 46.7 Å². The van der Waals surface area contributed by atoms with Gasteiger partial charge in [-0.1, -0.05) is 18.2 Å². The molecule has 4 rings (SSSR count). The lowest BCUT2D eigenvalue weighted by atomic mass is 10.1. The number of halogens is 3. The molecule has 2 aliphatic heterocycles. The lowest BCUT2D eigenvalue weighted by Crippen LogP contribution is -2.23. The van der Waals surface area contributed by atoms with Gasteiger partial charge in [0.25, 0.3) is 17.7 Å². The fourth-order valence-corrected chi connectivity index (χ4v) is 4.18. The highest BCUT2D eigenvalue weighted by atomic mass is 19.3. The number of allylic oxidation sites excluding steroid dienone is 2. The second-order valence-corrected chi connectivity index (χ2v) is 8.98. The van der Waals surface area contributed by atoms with Gasteiger partial charge in [-0.3, -0.25) is 9.59 Å². The third-order valence-corrected chi connectivity index (χ3v) is 6.07. The summed E-state index contributed by atoms with van der Waals surface area (Å²) in [5, 5.41) is 2.51. The number of carbonyl (C=O) groups is 2. The van der Waals surface area contributed by atoms with Crippen LogP contribution in [0, 0.1) is 5.82 Å². The molecule has 8 nitrogen and oxygen atoms in total. The van der Waals surface area contributed by atoms with Crippen LogP contribution < -0.4 is 14.8 Å². The van der Waals surface area contributed by atoms with E-state index in [1.807, 2.05) is 0 Å². The van der Waals surface area contributed by atoms with Crippen LogP contribution in [0.3, 0.4) is 0 Å². The third kappa shape index (κ3) is 5.87. The first-order valence-electron chi connectivity index (χ1n) is 12.1. The molecular weight excluding hydrogens is 513 g/mol. The van der Waals surface area contributed by atoms with Gasteiger partial charge in [0.2, 0.25) is 0 Å². The maximum Gasteiger partial charge on any atom is 0.275 e. The Morgan fingerprint density at radius 3 is 2.72 bits per heavy atom. The molecule has 2 amide bonds. The van der Waals surface area contributed by atoms with Gasteiger partial charge in [-0.2, -0.15) is 0 Å². The van der Waals surface area contributed by atoms with Crippen LogP contribution in [0.15, 0.2) is 63.8 Å². The summed E-state index contributed by atoms with van der Waals surface area (Å²) in [5.74, 6) is -4.83. The highest BCUT2D eigenvalue weighted by Gasteiger charge is 2.33. The van der Waals surface area contributed by atoms with Gasteiger partial charge in [0.15, 0.2) is 5.84 Å². The average Bonchev–Trinajstić information content (AvgIpc) is 3.15. The van der Waals surface area contributed by atoms with E-state index < -0.39 is 23.2 Å². The van der Waals surface area contributed by atoms with Crippen LogP contribution >= 0.6 is 0 Å². The molecular formula is C28H27F3N4O4. The Morgan fingerprint density at radius 2 is 2.03 bits per heavy atom. The van der Waals surface area contributed by atoms with Gasteiger partial charge in [-0.25, -0.2) is 23.2 Å². The molecule has 0 radical (unpaired) electrons. The molecule has 2 aromatic carbocycles. The van der Waals surface area contributed by atoms with Crippen molar-refractivity contribution in [3.8, 4) is 11.5 Å². The van der Waals surface area contributed by atoms with Crippen LogP contribution in [0.1, 0.15) is 46.5 Å². The number of nitrogens with one attached hydrogen (secondary N) is 1. The van der Waals surface area contributed by atoms with Gasteiger partial charge >= 0.3 is 0 Å². The van der Waals surface area contributed by atoms with Crippen molar-refractivity contribution in [2.24, 2.45) is 9.98 Å². The van der Waals surface area contributed by atoms with Crippen LogP contribution in [0.4, 0.5) is 18.9 Å². The molecule has 2 heterocycles.